The average Bonchev–Trinajstić information content (AvgIpc) is 2.34. The number of benzene rings is 1. The maximum atomic E-state index is 11.7. The summed E-state index contributed by atoms with van der Waals surface area (Å²) < 4.78 is 2.38. The Morgan fingerprint density at radius 2 is 1.71 bits per heavy atom. The number of hydrogen-bond donors (Lipinski definition) is 1. The molecule has 0 saturated heterocycles. The molecule has 0 radical (unpaired) electrons. The van der Waals surface area contributed by atoms with Gasteiger partial charge in [-0.3, -0.25) is 4.79 Å². The molecule has 0 aliphatic carbocycles. The third kappa shape index (κ3) is 6.59. The minimum absolute atomic E-state index is 0.0373. The Labute approximate surface area is 130 Å². The van der Waals surface area contributed by atoms with Crippen LogP contribution in [0, 0.1) is 3.57 Å². The standard InChI is InChI=1S/C13H17I2NO/c14-9-3-1-2-4-10-16-13(17)11-5-7-12(15)8-6-11/h5-8H,1-4,9-10H2,(H,16,17). The summed E-state index contributed by atoms with van der Waals surface area (Å²) in [4.78, 5) is 11.7. The zero-order valence-corrected chi connectivity index (χ0v) is 14.0. The molecule has 0 aliphatic rings. The van der Waals surface area contributed by atoms with Gasteiger partial charge in [-0.2, -0.15) is 0 Å². The van der Waals surface area contributed by atoms with Gasteiger partial charge >= 0.3 is 0 Å². The molecule has 0 aromatic heterocycles. The van der Waals surface area contributed by atoms with Crippen molar-refractivity contribution in [2.75, 3.05) is 11.0 Å². The number of carbonyl (C=O) groups is 1. The third-order valence-corrected chi connectivity index (χ3v) is 3.93. The van der Waals surface area contributed by atoms with Gasteiger partial charge in [-0.1, -0.05) is 35.4 Å². The number of alkyl halides is 1. The first-order valence-electron chi connectivity index (χ1n) is 5.84. The van der Waals surface area contributed by atoms with E-state index in [1.54, 1.807) is 0 Å². The number of carbonyl (C=O) groups excluding carboxylic acids is 1. The number of hydrogen-bond acceptors (Lipinski definition) is 1. The molecule has 4 heteroatoms. The normalized spacial score (nSPS) is 10.2. The Balaban J connectivity index is 2.19. The Morgan fingerprint density at radius 1 is 1.06 bits per heavy atom. The molecular weight excluding hydrogens is 440 g/mol. The van der Waals surface area contributed by atoms with Gasteiger partial charge in [0.05, 0.1) is 0 Å². The molecule has 0 unspecified atom stereocenters. The first kappa shape index (κ1) is 15.2. The highest BCUT2D eigenvalue weighted by Gasteiger charge is 2.03. The van der Waals surface area contributed by atoms with Crippen LogP contribution in [0.3, 0.4) is 0 Å². The van der Waals surface area contributed by atoms with Crippen molar-refractivity contribution in [1.82, 2.24) is 5.32 Å². The van der Waals surface area contributed by atoms with E-state index in [9.17, 15) is 4.79 Å². The highest BCUT2D eigenvalue weighted by Crippen LogP contribution is 2.07. The summed E-state index contributed by atoms with van der Waals surface area (Å²) in [5.74, 6) is 0.0373. The van der Waals surface area contributed by atoms with Crippen LogP contribution < -0.4 is 5.32 Å². The van der Waals surface area contributed by atoms with Crippen LogP contribution in [0.25, 0.3) is 0 Å². The molecule has 1 N–H and O–H groups in total. The summed E-state index contributed by atoms with van der Waals surface area (Å²) >= 11 is 4.63. The minimum atomic E-state index is 0.0373. The Kier molecular flexibility index (Phi) is 8.17. The maximum Gasteiger partial charge on any atom is 0.251 e. The largest absolute Gasteiger partial charge is 0.352 e. The molecule has 0 aliphatic heterocycles. The molecule has 1 aromatic rings. The lowest BCUT2D eigenvalue weighted by molar-refractivity contribution is 0.0953. The van der Waals surface area contributed by atoms with Crippen LogP contribution in [0.1, 0.15) is 36.0 Å². The van der Waals surface area contributed by atoms with Crippen molar-refractivity contribution in [2.45, 2.75) is 25.7 Å². The number of rotatable bonds is 7. The van der Waals surface area contributed by atoms with Crippen molar-refractivity contribution in [3.05, 3.63) is 33.4 Å². The van der Waals surface area contributed by atoms with Crippen molar-refractivity contribution >= 4 is 51.1 Å². The molecule has 0 fully saturated rings. The van der Waals surface area contributed by atoms with E-state index in [2.05, 4.69) is 50.5 Å². The van der Waals surface area contributed by atoms with Gasteiger partial charge in [0.15, 0.2) is 0 Å². The molecular formula is C13H17I2NO. The van der Waals surface area contributed by atoms with Gasteiger partial charge in [0, 0.05) is 15.7 Å². The number of nitrogens with one attached hydrogen (secondary N) is 1. The molecule has 1 amide bonds. The smallest absolute Gasteiger partial charge is 0.251 e. The van der Waals surface area contributed by atoms with Crippen LogP contribution in [-0.2, 0) is 0 Å². The number of unbranched alkanes of at least 4 members (excludes halogenated alkanes) is 3. The van der Waals surface area contributed by atoms with Gasteiger partial charge < -0.3 is 5.32 Å². The zero-order chi connectivity index (χ0) is 12.5. The second-order valence-electron chi connectivity index (χ2n) is 3.87. The predicted octanol–water partition coefficient (Wildman–Crippen LogP) is 4.02. The van der Waals surface area contributed by atoms with Gasteiger partial charge in [0.25, 0.3) is 5.91 Å². The predicted molar refractivity (Wildman–Crippen MR) is 88.8 cm³/mol. The summed E-state index contributed by atoms with van der Waals surface area (Å²) in [6, 6.07) is 7.64. The number of halogens is 2. The van der Waals surface area contributed by atoms with Crippen molar-refractivity contribution in [3.63, 3.8) is 0 Å². The van der Waals surface area contributed by atoms with Gasteiger partial charge in [0.2, 0.25) is 0 Å². The van der Waals surface area contributed by atoms with E-state index in [-0.39, 0.29) is 5.91 Å². The summed E-state index contributed by atoms with van der Waals surface area (Å²) in [6.45, 7) is 0.784. The van der Waals surface area contributed by atoms with Crippen LogP contribution in [0.15, 0.2) is 24.3 Å². The van der Waals surface area contributed by atoms with Crippen LogP contribution in [-0.4, -0.2) is 16.9 Å². The number of amides is 1. The van der Waals surface area contributed by atoms with Crippen molar-refractivity contribution in [2.24, 2.45) is 0 Å². The molecule has 1 rings (SSSR count). The van der Waals surface area contributed by atoms with Gasteiger partial charge in [-0.25, -0.2) is 0 Å². The molecule has 2 nitrogen and oxygen atoms in total. The molecule has 17 heavy (non-hydrogen) atoms. The monoisotopic (exact) mass is 457 g/mol. The Morgan fingerprint density at radius 3 is 2.35 bits per heavy atom. The average molecular weight is 457 g/mol. The van der Waals surface area contributed by atoms with E-state index in [4.69, 9.17) is 0 Å². The maximum absolute atomic E-state index is 11.7. The topological polar surface area (TPSA) is 29.1 Å². The first-order chi connectivity index (χ1) is 8.24. The molecule has 0 spiro atoms. The lowest BCUT2D eigenvalue weighted by atomic mass is 10.2. The van der Waals surface area contributed by atoms with E-state index in [1.165, 1.54) is 23.7 Å². The molecule has 0 heterocycles. The lowest BCUT2D eigenvalue weighted by Gasteiger charge is -2.05. The lowest BCUT2D eigenvalue weighted by Crippen LogP contribution is -2.24. The van der Waals surface area contributed by atoms with Crippen LogP contribution in [0.4, 0.5) is 0 Å². The quantitative estimate of drug-likeness (QED) is 0.375. The van der Waals surface area contributed by atoms with Crippen LogP contribution in [0.5, 0.6) is 0 Å². The molecule has 94 valence electrons. The molecule has 0 saturated carbocycles. The van der Waals surface area contributed by atoms with Gasteiger partial charge in [-0.05, 0) is 64.1 Å². The zero-order valence-electron chi connectivity index (χ0n) is 9.72. The molecule has 0 bridgehead atoms. The van der Waals surface area contributed by atoms with E-state index in [1.807, 2.05) is 24.3 Å². The highest BCUT2D eigenvalue weighted by molar-refractivity contribution is 14.1. The fourth-order valence-electron chi connectivity index (χ4n) is 1.48. The SMILES string of the molecule is O=C(NCCCCCCI)c1ccc(I)cc1. The summed E-state index contributed by atoms with van der Waals surface area (Å²) in [5.41, 5.74) is 0.748. The second kappa shape index (κ2) is 9.13. The summed E-state index contributed by atoms with van der Waals surface area (Å²) in [6.07, 6.45) is 4.83. The summed E-state index contributed by atoms with van der Waals surface area (Å²) in [7, 11) is 0. The van der Waals surface area contributed by atoms with E-state index in [0.29, 0.717) is 0 Å². The van der Waals surface area contributed by atoms with Crippen molar-refractivity contribution in [1.29, 1.82) is 0 Å². The van der Waals surface area contributed by atoms with Crippen LogP contribution in [0.2, 0.25) is 0 Å². The minimum Gasteiger partial charge on any atom is -0.352 e. The van der Waals surface area contributed by atoms with E-state index < -0.39 is 0 Å². The highest BCUT2D eigenvalue weighted by atomic mass is 127. The second-order valence-corrected chi connectivity index (χ2v) is 6.19. The fraction of sp³-hybridized carbons (Fsp3) is 0.462. The Hall–Kier alpha value is 0.150. The van der Waals surface area contributed by atoms with Gasteiger partial charge in [0.1, 0.15) is 0 Å². The Bertz CT molecular complexity index is 338. The summed E-state index contributed by atoms with van der Waals surface area (Å²) in [5, 5.41) is 2.95. The third-order valence-electron chi connectivity index (χ3n) is 2.45. The van der Waals surface area contributed by atoms with E-state index >= 15 is 0 Å². The first-order valence-corrected chi connectivity index (χ1v) is 8.44. The molecule has 1 aromatic carbocycles. The van der Waals surface area contributed by atoms with Crippen molar-refractivity contribution in [3.8, 4) is 0 Å². The fourth-order valence-corrected chi connectivity index (χ4v) is 2.38. The van der Waals surface area contributed by atoms with E-state index in [0.717, 1.165) is 22.1 Å². The van der Waals surface area contributed by atoms with Gasteiger partial charge in [-0.15, -0.1) is 0 Å². The van der Waals surface area contributed by atoms with Crippen molar-refractivity contribution < 1.29 is 4.79 Å². The molecule has 0 atom stereocenters. The van der Waals surface area contributed by atoms with Crippen LogP contribution >= 0.6 is 45.2 Å².